The number of carbonyl (C=O) groups excluding carboxylic acids is 1. The van der Waals surface area contributed by atoms with Crippen LogP contribution >= 0.6 is 11.6 Å². The van der Waals surface area contributed by atoms with Crippen molar-refractivity contribution in [3.05, 3.63) is 35.0 Å². The number of hydrogen-bond acceptors (Lipinski definition) is 2. The third kappa shape index (κ3) is 1.92. The summed E-state index contributed by atoms with van der Waals surface area (Å²) in [6.07, 6.45) is 1.50. The van der Waals surface area contributed by atoms with E-state index >= 15 is 0 Å². The monoisotopic (exact) mass is 237 g/mol. The molecule has 0 atom stereocenters. The van der Waals surface area contributed by atoms with Crippen LogP contribution in [0.25, 0.3) is 10.9 Å². The molecule has 0 unspecified atom stereocenters. The number of Topliss-reactive ketones (excluding diaryl/α,β-unsaturated/α-hetero) is 1. The molecule has 1 aromatic heterocycles. The molecule has 0 aliphatic heterocycles. The molecule has 0 radical (unpaired) electrons. The number of aromatic nitrogens is 1. The van der Waals surface area contributed by atoms with E-state index < -0.39 is 11.8 Å². The first-order valence-corrected chi connectivity index (χ1v) is 4.97. The second kappa shape index (κ2) is 3.98. The summed E-state index contributed by atoms with van der Waals surface area (Å²) in [5, 5.41) is 9.85. The molecule has 4 nitrogen and oxygen atoms in total. The maximum atomic E-state index is 11.1. The van der Waals surface area contributed by atoms with Gasteiger partial charge in [0, 0.05) is 28.5 Å². The smallest absolute Gasteiger partial charge is 0.372 e. The zero-order chi connectivity index (χ0) is 11.7. The van der Waals surface area contributed by atoms with E-state index in [1.165, 1.54) is 0 Å². The van der Waals surface area contributed by atoms with Crippen molar-refractivity contribution in [2.75, 3.05) is 0 Å². The van der Waals surface area contributed by atoms with Gasteiger partial charge in [0.1, 0.15) is 0 Å². The summed E-state index contributed by atoms with van der Waals surface area (Å²) in [6, 6.07) is 5.22. The average Bonchev–Trinajstić information content (AvgIpc) is 2.61. The maximum Gasteiger partial charge on any atom is 0.372 e. The molecule has 1 heterocycles. The van der Waals surface area contributed by atoms with Gasteiger partial charge in [-0.15, -0.1) is 0 Å². The van der Waals surface area contributed by atoms with Crippen LogP contribution in [0.3, 0.4) is 0 Å². The normalized spacial score (nSPS) is 10.6. The van der Waals surface area contributed by atoms with Crippen LogP contribution in [-0.4, -0.2) is 21.8 Å². The summed E-state index contributed by atoms with van der Waals surface area (Å²) in [5.41, 5.74) is 1.47. The number of carboxylic acids is 1. The molecule has 0 aliphatic carbocycles. The Bertz CT molecular complexity index is 574. The van der Waals surface area contributed by atoms with E-state index in [0.29, 0.717) is 10.6 Å². The number of hydrogen-bond donors (Lipinski definition) is 2. The van der Waals surface area contributed by atoms with Crippen LogP contribution in [0.15, 0.2) is 24.4 Å². The Labute approximate surface area is 95.8 Å². The number of halogens is 1. The van der Waals surface area contributed by atoms with Crippen molar-refractivity contribution in [2.45, 2.75) is 6.42 Å². The first kappa shape index (κ1) is 10.7. The Hall–Kier alpha value is -1.81. The van der Waals surface area contributed by atoms with Gasteiger partial charge < -0.3 is 10.1 Å². The minimum atomic E-state index is -1.42. The van der Waals surface area contributed by atoms with Crippen LogP contribution < -0.4 is 0 Å². The Morgan fingerprint density at radius 2 is 2.12 bits per heavy atom. The molecule has 82 valence electrons. The fourth-order valence-corrected chi connectivity index (χ4v) is 1.72. The first-order chi connectivity index (χ1) is 7.58. The Kier molecular flexibility index (Phi) is 2.66. The van der Waals surface area contributed by atoms with Crippen LogP contribution in [0, 0.1) is 0 Å². The zero-order valence-corrected chi connectivity index (χ0v) is 8.91. The van der Waals surface area contributed by atoms with Gasteiger partial charge in [0.25, 0.3) is 0 Å². The van der Waals surface area contributed by atoms with Crippen molar-refractivity contribution >= 4 is 34.3 Å². The van der Waals surface area contributed by atoms with Gasteiger partial charge in [-0.3, -0.25) is 4.79 Å². The third-order valence-electron chi connectivity index (χ3n) is 2.32. The highest BCUT2D eigenvalue weighted by Crippen LogP contribution is 2.22. The summed E-state index contributed by atoms with van der Waals surface area (Å²) >= 11 is 5.83. The molecular formula is C11H8ClNO3. The number of aromatic amines is 1. The fourth-order valence-electron chi connectivity index (χ4n) is 1.55. The van der Waals surface area contributed by atoms with Crippen molar-refractivity contribution in [2.24, 2.45) is 0 Å². The highest BCUT2D eigenvalue weighted by atomic mass is 35.5. The molecular weight excluding hydrogens is 230 g/mol. The van der Waals surface area contributed by atoms with Crippen LogP contribution in [0.2, 0.25) is 5.02 Å². The molecule has 2 aromatic rings. The summed E-state index contributed by atoms with van der Waals surface area (Å²) in [7, 11) is 0. The SMILES string of the molecule is O=C(O)C(=O)Cc1c[nH]c2ccc(Cl)cc12. The topological polar surface area (TPSA) is 70.2 Å². The van der Waals surface area contributed by atoms with E-state index in [0.717, 1.165) is 10.9 Å². The molecule has 0 aliphatic rings. The van der Waals surface area contributed by atoms with Crippen molar-refractivity contribution in [1.82, 2.24) is 4.98 Å². The zero-order valence-electron chi connectivity index (χ0n) is 8.16. The number of carboxylic acid groups (broad SMARTS) is 1. The summed E-state index contributed by atoms with van der Waals surface area (Å²) in [4.78, 5) is 24.5. The van der Waals surface area contributed by atoms with E-state index in [2.05, 4.69) is 4.98 Å². The molecule has 0 bridgehead atoms. The van der Waals surface area contributed by atoms with Crippen LogP contribution in [0.1, 0.15) is 5.56 Å². The van der Waals surface area contributed by atoms with Crippen molar-refractivity contribution in [3.63, 3.8) is 0 Å². The Balaban J connectivity index is 2.41. The van der Waals surface area contributed by atoms with Gasteiger partial charge in [-0.25, -0.2) is 4.79 Å². The van der Waals surface area contributed by atoms with Crippen LogP contribution in [0.5, 0.6) is 0 Å². The lowest BCUT2D eigenvalue weighted by molar-refractivity contribution is -0.148. The highest BCUT2D eigenvalue weighted by molar-refractivity contribution is 6.33. The number of fused-ring (bicyclic) bond motifs is 1. The van der Waals surface area contributed by atoms with Gasteiger partial charge in [0.15, 0.2) is 0 Å². The highest BCUT2D eigenvalue weighted by Gasteiger charge is 2.14. The van der Waals surface area contributed by atoms with Gasteiger partial charge >= 0.3 is 5.97 Å². The van der Waals surface area contributed by atoms with Gasteiger partial charge in [0.2, 0.25) is 5.78 Å². The van der Waals surface area contributed by atoms with Crippen LogP contribution in [0.4, 0.5) is 0 Å². The van der Waals surface area contributed by atoms with Crippen molar-refractivity contribution in [3.8, 4) is 0 Å². The quantitative estimate of drug-likeness (QED) is 0.803. The molecule has 0 amide bonds. The number of carbonyl (C=O) groups is 2. The second-order valence-corrected chi connectivity index (χ2v) is 3.85. The summed E-state index contributed by atoms with van der Waals surface area (Å²) < 4.78 is 0. The Morgan fingerprint density at radius 1 is 1.38 bits per heavy atom. The molecule has 16 heavy (non-hydrogen) atoms. The molecule has 0 saturated heterocycles. The van der Waals surface area contributed by atoms with Gasteiger partial charge in [-0.1, -0.05) is 11.6 Å². The lowest BCUT2D eigenvalue weighted by atomic mass is 10.1. The third-order valence-corrected chi connectivity index (χ3v) is 2.55. The van der Waals surface area contributed by atoms with Gasteiger partial charge in [0.05, 0.1) is 0 Å². The number of aliphatic carboxylic acids is 1. The van der Waals surface area contributed by atoms with E-state index in [-0.39, 0.29) is 6.42 Å². The number of H-pyrrole nitrogens is 1. The average molecular weight is 238 g/mol. The van der Waals surface area contributed by atoms with E-state index in [1.54, 1.807) is 24.4 Å². The van der Waals surface area contributed by atoms with Crippen LogP contribution in [-0.2, 0) is 16.0 Å². The molecule has 0 fully saturated rings. The predicted octanol–water partition coefficient (Wildman–Crippen LogP) is 2.02. The number of rotatable bonds is 3. The van der Waals surface area contributed by atoms with E-state index in [1.807, 2.05) is 0 Å². The largest absolute Gasteiger partial charge is 0.475 e. The standard InChI is InChI=1S/C11H8ClNO3/c12-7-1-2-9-8(4-7)6(5-13-9)3-10(14)11(15)16/h1-2,4-5,13H,3H2,(H,15,16). The van der Waals surface area contributed by atoms with Gasteiger partial charge in [-0.2, -0.15) is 0 Å². The lowest BCUT2D eigenvalue weighted by Gasteiger charge is -1.96. The molecule has 2 N–H and O–H groups in total. The fraction of sp³-hybridized carbons (Fsp3) is 0.0909. The first-order valence-electron chi connectivity index (χ1n) is 4.59. The molecule has 2 rings (SSSR count). The maximum absolute atomic E-state index is 11.1. The number of benzene rings is 1. The molecule has 1 aromatic carbocycles. The van der Waals surface area contributed by atoms with E-state index in [4.69, 9.17) is 16.7 Å². The van der Waals surface area contributed by atoms with Crippen molar-refractivity contribution < 1.29 is 14.7 Å². The molecule has 5 heteroatoms. The minimum Gasteiger partial charge on any atom is -0.475 e. The lowest BCUT2D eigenvalue weighted by Crippen LogP contribution is -2.14. The number of nitrogens with one attached hydrogen (secondary N) is 1. The van der Waals surface area contributed by atoms with E-state index in [9.17, 15) is 9.59 Å². The molecule has 0 saturated carbocycles. The van der Waals surface area contributed by atoms with Gasteiger partial charge in [-0.05, 0) is 23.8 Å². The number of ketones is 1. The van der Waals surface area contributed by atoms with Crippen molar-refractivity contribution in [1.29, 1.82) is 0 Å². The molecule has 0 spiro atoms. The second-order valence-electron chi connectivity index (χ2n) is 3.41. The minimum absolute atomic E-state index is 0.129. The summed E-state index contributed by atoms with van der Waals surface area (Å²) in [6.45, 7) is 0. The predicted molar refractivity (Wildman–Crippen MR) is 59.7 cm³/mol. The Morgan fingerprint density at radius 3 is 2.81 bits per heavy atom. The summed E-state index contributed by atoms with van der Waals surface area (Å²) in [5.74, 6) is -2.25.